The molecule has 16 heavy (non-hydrogen) atoms. The van der Waals surface area contributed by atoms with Crippen molar-refractivity contribution in [3.63, 3.8) is 0 Å². The van der Waals surface area contributed by atoms with E-state index in [0.29, 0.717) is 13.0 Å². The molecule has 1 N–H and O–H groups in total. The highest BCUT2D eigenvalue weighted by Gasteiger charge is 2.04. The van der Waals surface area contributed by atoms with Gasteiger partial charge in [0.25, 0.3) is 0 Å². The highest BCUT2D eigenvalue weighted by Crippen LogP contribution is 2.03. The minimum absolute atomic E-state index is 0.373. The molecule has 1 heterocycles. The molecule has 2 rings (SSSR count). The number of aliphatic hydroxyl groups is 1. The smallest absolute Gasteiger partial charge is 0.0852 e. The van der Waals surface area contributed by atoms with Gasteiger partial charge in [-0.3, -0.25) is 0 Å². The summed E-state index contributed by atoms with van der Waals surface area (Å²) in [6.07, 6.45) is 2.05. The van der Waals surface area contributed by atoms with Crippen molar-refractivity contribution in [2.24, 2.45) is 0 Å². The van der Waals surface area contributed by atoms with Crippen LogP contribution in [0.3, 0.4) is 0 Å². The predicted molar refractivity (Wildman–Crippen MR) is 61.0 cm³/mol. The first kappa shape index (κ1) is 10.8. The van der Waals surface area contributed by atoms with Crippen LogP contribution in [0.25, 0.3) is 0 Å². The van der Waals surface area contributed by atoms with Crippen LogP contribution in [0.4, 0.5) is 0 Å². The van der Waals surface area contributed by atoms with Gasteiger partial charge in [0.05, 0.1) is 18.3 Å². The average molecular weight is 217 g/mol. The van der Waals surface area contributed by atoms with Crippen LogP contribution < -0.4 is 0 Å². The van der Waals surface area contributed by atoms with E-state index in [4.69, 9.17) is 0 Å². The van der Waals surface area contributed by atoms with Gasteiger partial charge in [-0.1, -0.05) is 35.5 Å². The molecule has 0 amide bonds. The molecule has 0 saturated carbocycles. The van der Waals surface area contributed by atoms with Crippen LogP contribution in [0.5, 0.6) is 0 Å². The van der Waals surface area contributed by atoms with Crippen molar-refractivity contribution < 1.29 is 5.11 Å². The molecule has 0 aliphatic rings. The van der Waals surface area contributed by atoms with Crippen LogP contribution in [0.15, 0.2) is 36.5 Å². The SMILES string of the molecule is CC(O)Cc1cn(Cc2ccccc2)nn1. The van der Waals surface area contributed by atoms with Crippen LogP contribution in [0.2, 0.25) is 0 Å². The minimum Gasteiger partial charge on any atom is -0.393 e. The molecule has 1 aromatic heterocycles. The van der Waals surface area contributed by atoms with Gasteiger partial charge in [-0.05, 0) is 12.5 Å². The van der Waals surface area contributed by atoms with Crippen LogP contribution in [0, 0.1) is 0 Å². The number of aromatic nitrogens is 3. The van der Waals surface area contributed by atoms with Crippen LogP contribution in [0.1, 0.15) is 18.2 Å². The number of benzene rings is 1. The summed E-state index contributed by atoms with van der Waals surface area (Å²) < 4.78 is 1.78. The van der Waals surface area contributed by atoms with E-state index in [-0.39, 0.29) is 6.10 Å². The summed E-state index contributed by atoms with van der Waals surface area (Å²) in [6.45, 7) is 2.46. The van der Waals surface area contributed by atoms with Gasteiger partial charge in [0.2, 0.25) is 0 Å². The van der Waals surface area contributed by atoms with Crippen molar-refractivity contribution in [3.8, 4) is 0 Å². The summed E-state index contributed by atoms with van der Waals surface area (Å²) in [6, 6.07) is 10.1. The van der Waals surface area contributed by atoms with Gasteiger partial charge in [-0.2, -0.15) is 0 Å². The first-order chi connectivity index (χ1) is 7.74. The second-order valence-corrected chi connectivity index (χ2v) is 3.95. The van der Waals surface area contributed by atoms with Crippen LogP contribution in [-0.2, 0) is 13.0 Å². The van der Waals surface area contributed by atoms with E-state index in [9.17, 15) is 5.11 Å². The molecule has 1 aromatic carbocycles. The number of rotatable bonds is 4. The second-order valence-electron chi connectivity index (χ2n) is 3.95. The summed E-state index contributed by atoms with van der Waals surface area (Å²) in [5.41, 5.74) is 2.02. The molecule has 0 fully saturated rings. The van der Waals surface area contributed by atoms with E-state index in [1.165, 1.54) is 5.56 Å². The third kappa shape index (κ3) is 2.90. The minimum atomic E-state index is -0.373. The number of hydrogen-bond acceptors (Lipinski definition) is 3. The standard InChI is InChI=1S/C12H15N3O/c1-10(16)7-12-9-15(14-13-12)8-11-5-3-2-4-6-11/h2-6,9-10,16H,7-8H2,1H3. The quantitative estimate of drug-likeness (QED) is 0.838. The Morgan fingerprint density at radius 2 is 2.06 bits per heavy atom. The Morgan fingerprint density at radius 3 is 2.75 bits per heavy atom. The normalized spacial score (nSPS) is 12.6. The Balaban J connectivity index is 2.03. The van der Waals surface area contributed by atoms with Gasteiger partial charge in [0.1, 0.15) is 0 Å². The molecule has 0 bridgehead atoms. The van der Waals surface area contributed by atoms with E-state index >= 15 is 0 Å². The van der Waals surface area contributed by atoms with Crippen molar-refractivity contribution in [1.82, 2.24) is 15.0 Å². The maximum atomic E-state index is 9.23. The Bertz CT molecular complexity index is 437. The molecule has 4 nitrogen and oxygen atoms in total. The lowest BCUT2D eigenvalue weighted by Crippen LogP contribution is -2.04. The van der Waals surface area contributed by atoms with Crippen molar-refractivity contribution >= 4 is 0 Å². The Kier molecular flexibility index (Phi) is 3.31. The van der Waals surface area contributed by atoms with Gasteiger partial charge >= 0.3 is 0 Å². The monoisotopic (exact) mass is 217 g/mol. The van der Waals surface area contributed by atoms with E-state index in [1.807, 2.05) is 24.4 Å². The lowest BCUT2D eigenvalue weighted by Gasteiger charge is -2.00. The zero-order valence-electron chi connectivity index (χ0n) is 9.24. The average Bonchev–Trinajstić information content (AvgIpc) is 2.66. The Morgan fingerprint density at radius 1 is 1.31 bits per heavy atom. The summed E-state index contributed by atoms with van der Waals surface area (Å²) in [5, 5.41) is 17.3. The Hall–Kier alpha value is -1.68. The van der Waals surface area contributed by atoms with Gasteiger partial charge in [-0.25, -0.2) is 4.68 Å². The maximum absolute atomic E-state index is 9.23. The fourth-order valence-corrected chi connectivity index (χ4v) is 1.58. The van der Waals surface area contributed by atoms with E-state index in [2.05, 4.69) is 22.4 Å². The van der Waals surface area contributed by atoms with Crippen molar-refractivity contribution in [3.05, 3.63) is 47.8 Å². The third-order valence-corrected chi connectivity index (χ3v) is 2.28. The van der Waals surface area contributed by atoms with Gasteiger partial charge in [0.15, 0.2) is 0 Å². The largest absolute Gasteiger partial charge is 0.393 e. The van der Waals surface area contributed by atoms with Crippen molar-refractivity contribution in [2.45, 2.75) is 26.0 Å². The lowest BCUT2D eigenvalue weighted by molar-refractivity contribution is 0.194. The Labute approximate surface area is 94.5 Å². The molecule has 0 saturated heterocycles. The summed E-state index contributed by atoms with van der Waals surface area (Å²) >= 11 is 0. The molecule has 0 aliphatic heterocycles. The predicted octanol–water partition coefficient (Wildman–Crippen LogP) is 1.25. The zero-order valence-corrected chi connectivity index (χ0v) is 9.24. The maximum Gasteiger partial charge on any atom is 0.0852 e. The molecular weight excluding hydrogens is 202 g/mol. The fourth-order valence-electron chi connectivity index (χ4n) is 1.58. The van der Waals surface area contributed by atoms with E-state index in [0.717, 1.165) is 5.69 Å². The molecule has 2 aromatic rings. The highest BCUT2D eigenvalue weighted by molar-refractivity contribution is 5.14. The highest BCUT2D eigenvalue weighted by atomic mass is 16.3. The number of nitrogens with zero attached hydrogens (tertiary/aromatic N) is 3. The van der Waals surface area contributed by atoms with Crippen LogP contribution >= 0.6 is 0 Å². The summed E-state index contributed by atoms with van der Waals surface area (Å²) in [7, 11) is 0. The van der Waals surface area contributed by atoms with E-state index < -0.39 is 0 Å². The van der Waals surface area contributed by atoms with E-state index in [1.54, 1.807) is 11.6 Å². The van der Waals surface area contributed by atoms with Gasteiger partial charge in [-0.15, -0.1) is 5.10 Å². The molecule has 84 valence electrons. The summed E-state index contributed by atoms with van der Waals surface area (Å²) in [4.78, 5) is 0. The summed E-state index contributed by atoms with van der Waals surface area (Å²) in [5.74, 6) is 0. The van der Waals surface area contributed by atoms with Gasteiger partial charge in [0, 0.05) is 12.6 Å². The topological polar surface area (TPSA) is 50.9 Å². The zero-order chi connectivity index (χ0) is 11.4. The molecule has 4 heteroatoms. The van der Waals surface area contributed by atoms with Gasteiger partial charge < -0.3 is 5.11 Å². The fraction of sp³-hybridized carbons (Fsp3) is 0.333. The first-order valence-electron chi connectivity index (χ1n) is 5.35. The number of aliphatic hydroxyl groups excluding tert-OH is 1. The molecule has 1 atom stereocenters. The number of hydrogen-bond donors (Lipinski definition) is 1. The van der Waals surface area contributed by atoms with Crippen LogP contribution in [-0.4, -0.2) is 26.2 Å². The first-order valence-corrected chi connectivity index (χ1v) is 5.35. The van der Waals surface area contributed by atoms with Crippen molar-refractivity contribution in [2.75, 3.05) is 0 Å². The molecular formula is C12H15N3O. The third-order valence-electron chi connectivity index (χ3n) is 2.28. The molecule has 0 spiro atoms. The molecule has 1 unspecified atom stereocenters. The molecule has 0 aliphatic carbocycles. The van der Waals surface area contributed by atoms with Crippen molar-refractivity contribution in [1.29, 1.82) is 0 Å². The lowest BCUT2D eigenvalue weighted by atomic mass is 10.2. The molecule has 0 radical (unpaired) electrons. The second kappa shape index (κ2) is 4.90.